The van der Waals surface area contributed by atoms with E-state index in [0.29, 0.717) is 28.3 Å². The van der Waals surface area contributed by atoms with Crippen molar-refractivity contribution in [3.8, 4) is 11.5 Å². The molecule has 1 aliphatic heterocycles. The molecule has 0 saturated heterocycles. The first kappa shape index (κ1) is 10.7. The molecule has 0 aromatic heterocycles. The van der Waals surface area contributed by atoms with Crippen LogP contribution in [0.2, 0.25) is 0 Å². The highest BCUT2D eigenvalue weighted by Crippen LogP contribution is 2.36. The molecule has 1 aliphatic rings. The van der Waals surface area contributed by atoms with Gasteiger partial charge in [-0.25, -0.2) is 0 Å². The quantitative estimate of drug-likeness (QED) is 0.647. The predicted molar refractivity (Wildman–Crippen MR) is 66.9 cm³/mol. The van der Waals surface area contributed by atoms with E-state index in [0.717, 1.165) is 0 Å². The predicted octanol–water partition coefficient (Wildman–Crippen LogP) is 2.23. The Balaban J connectivity index is 2.05. The lowest BCUT2D eigenvalue weighted by molar-refractivity contribution is 0.103. The number of nitrogens with two attached hydrogens (primary N) is 1. The average molecular weight is 241 g/mol. The molecule has 18 heavy (non-hydrogen) atoms. The topological polar surface area (TPSA) is 61.6 Å². The van der Waals surface area contributed by atoms with Gasteiger partial charge in [-0.15, -0.1) is 0 Å². The number of nitrogen functional groups attached to an aromatic ring is 1. The summed E-state index contributed by atoms with van der Waals surface area (Å²) in [5.41, 5.74) is 7.31. The monoisotopic (exact) mass is 241 g/mol. The number of fused-ring (bicyclic) bond motifs is 1. The Morgan fingerprint density at radius 3 is 2.44 bits per heavy atom. The van der Waals surface area contributed by atoms with Gasteiger partial charge in [0.2, 0.25) is 6.79 Å². The molecule has 0 aliphatic carbocycles. The van der Waals surface area contributed by atoms with E-state index < -0.39 is 0 Å². The Morgan fingerprint density at radius 1 is 1.06 bits per heavy atom. The molecule has 4 heteroatoms. The summed E-state index contributed by atoms with van der Waals surface area (Å²) in [6.07, 6.45) is 0. The molecule has 90 valence electrons. The van der Waals surface area contributed by atoms with E-state index in [1.165, 1.54) is 0 Å². The van der Waals surface area contributed by atoms with Crippen molar-refractivity contribution in [2.24, 2.45) is 0 Å². The smallest absolute Gasteiger partial charge is 0.231 e. The minimum absolute atomic E-state index is 0.119. The summed E-state index contributed by atoms with van der Waals surface area (Å²) in [5.74, 6) is 1.02. The second kappa shape index (κ2) is 4.07. The van der Waals surface area contributed by atoms with Crippen molar-refractivity contribution in [1.29, 1.82) is 0 Å². The van der Waals surface area contributed by atoms with E-state index in [1.54, 1.807) is 24.3 Å². The lowest BCUT2D eigenvalue weighted by atomic mass is 10.0. The van der Waals surface area contributed by atoms with Crippen LogP contribution in [0.4, 0.5) is 5.69 Å². The fraction of sp³-hybridized carbons (Fsp3) is 0.0714. The summed E-state index contributed by atoms with van der Waals surface area (Å²) in [4.78, 5) is 12.3. The Labute approximate surface area is 104 Å². The van der Waals surface area contributed by atoms with Crippen LogP contribution in [0, 0.1) is 0 Å². The van der Waals surface area contributed by atoms with Crippen LogP contribution < -0.4 is 15.2 Å². The number of ether oxygens (including phenoxy) is 2. The van der Waals surface area contributed by atoms with Crippen LogP contribution in [0.15, 0.2) is 42.5 Å². The van der Waals surface area contributed by atoms with E-state index in [9.17, 15) is 4.79 Å². The number of hydrogen-bond donors (Lipinski definition) is 1. The third kappa shape index (κ3) is 1.68. The molecular formula is C14H11NO3. The average Bonchev–Trinajstić information content (AvgIpc) is 2.85. The van der Waals surface area contributed by atoms with Gasteiger partial charge in [0, 0.05) is 22.9 Å². The maximum atomic E-state index is 12.3. The van der Waals surface area contributed by atoms with Gasteiger partial charge in [-0.05, 0) is 6.07 Å². The summed E-state index contributed by atoms with van der Waals surface area (Å²) in [6.45, 7) is 0.164. The second-order valence-corrected chi connectivity index (χ2v) is 3.99. The van der Waals surface area contributed by atoms with E-state index in [1.807, 2.05) is 18.2 Å². The Hall–Kier alpha value is -2.49. The highest BCUT2D eigenvalue weighted by Gasteiger charge is 2.20. The van der Waals surface area contributed by atoms with Gasteiger partial charge in [-0.2, -0.15) is 0 Å². The lowest BCUT2D eigenvalue weighted by Crippen LogP contribution is -2.05. The Bertz CT molecular complexity index is 608. The highest BCUT2D eigenvalue weighted by molar-refractivity contribution is 6.12. The molecule has 2 aromatic carbocycles. The first-order chi connectivity index (χ1) is 8.75. The van der Waals surface area contributed by atoms with Crippen molar-refractivity contribution < 1.29 is 14.3 Å². The van der Waals surface area contributed by atoms with E-state index in [4.69, 9.17) is 15.2 Å². The van der Waals surface area contributed by atoms with Crippen LogP contribution in [0.25, 0.3) is 0 Å². The van der Waals surface area contributed by atoms with Crippen LogP contribution in [-0.4, -0.2) is 12.6 Å². The third-order valence-corrected chi connectivity index (χ3v) is 2.83. The number of hydrogen-bond acceptors (Lipinski definition) is 4. The molecule has 1 heterocycles. The molecule has 0 radical (unpaired) electrons. The van der Waals surface area contributed by atoms with Gasteiger partial charge in [-0.1, -0.05) is 30.3 Å². The SMILES string of the molecule is Nc1cc2c(cc1C(=O)c1ccccc1)OCO2. The summed E-state index contributed by atoms with van der Waals surface area (Å²) in [5, 5.41) is 0. The van der Waals surface area contributed by atoms with Crippen molar-refractivity contribution >= 4 is 11.5 Å². The molecule has 0 amide bonds. The van der Waals surface area contributed by atoms with Crippen LogP contribution in [0.3, 0.4) is 0 Å². The first-order valence-corrected chi connectivity index (χ1v) is 5.54. The summed E-state index contributed by atoms with van der Waals surface area (Å²) < 4.78 is 10.5. The van der Waals surface area contributed by atoms with Gasteiger partial charge in [0.25, 0.3) is 0 Å². The second-order valence-electron chi connectivity index (χ2n) is 3.99. The minimum atomic E-state index is -0.119. The molecule has 0 unspecified atom stereocenters. The zero-order valence-corrected chi connectivity index (χ0v) is 9.55. The van der Waals surface area contributed by atoms with Gasteiger partial charge in [0.15, 0.2) is 17.3 Å². The molecule has 4 nitrogen and oxygen atoms in total. The molecule has 0 saturated carbocycles. The maximum absolute atomic E-state index is 12.3. The molecule has 0 fully saturated rings. The van der Waals surface area contributed by atoms with Crippen molar-refractivity contribution in [3.05, 3.63) is 53.6 Å². The largest absolute Gasteiger partial charge is 0.454 e. The standard InChI is InChI=1S/C14H11NO3/c15-11-7-13-12(17-8-18-13)6-10(11)14(16)9-4-2-1-3-5-9/h1-7H,8,15H2. The third-order valence-electron chi connectivity index (χ3n) is 2.83. The fourth-order valence-corrected chi connectivity index (χ4v) is 1.90. The highest BCUT2D eigenvalue weighted by atomic mass is 16.7. The molecule has 3 rings (SSSR count). The van der Waals surface area contributed by atoms with Gasteiger partial charge in [0.05, 0.1) is 0 Å². The van der Waals surface area contributed by atoms with Crippen molar-refractivity contribution in [1.82, 2.24) is 0 Å². The zero-order valence-electron chi connectivity index (χ0n) is 9.55. The zero-order chi connectivity index (χ0) is 12.5. The number of carbonyl (C=O) groups is 1. The number of ketones is 1. The van der Waals surface area contributed by atoms with Crippen molar-refractivity contribution in [2.75, 3.05) is 12.5 Å². The van der Waals surface area contributed by atoms with Gasteiger partial charge in [-0.3, -0.25) is 4.79 Å². The number of rotatable bonds is 2. The van der Waals surface area contributed by atoms with Crippen LogP contribution in [0.1, 0.15) is 15.9 Å². The summed E-state index contributed by atoms with van der Waals surface area (Å²) in [6, 6.07) is 12.3. The normalized spacial score (nSPS) is 12.4. The van der Waals surface area contributed by atoms with Crippen molar-refractivity contribution in [2.45, 2.75) is 0 Å². The number of anilines is 1. The summed E-state index contributed by atoms with van der Waals surface area (Å²) >= 11 is 0. The van der Waals surface area contributed by atoms with E-state index >= 15 is 0 Å². The molecular weight excluding hydrogens is 230 g/mol. The van der Waals surface area contributed by atoms with Crippen LogP contribution >= 0.6 is 0 Å². The minimum Gasteiger partial charge on any atom is -0.454 e. The van der Waals surface area contributed by atoms with E-state index in [2.05, 4.69) is 0 Å². The summed E-state index contributed by atoms with van der Waals surface area (Å²) in [7, 11) is 0. The molecule has 0 atom stereocenters. The van der Waals surface area contributed by atoms with Gasteiger partial charge in [0.1, 0.15) is 0 Å². The van der Waals surface area contributed by atoms with Crippen LogP contribution in [0.5, 0.6) is 11.5 Å². The van der Waals surface area contributed by atoms with E-state index in [-0.39, 0.29) is 12.6 Å². The first-order valence-electron chi connectivity index (χ1n) is 5.54. The lowest BCUT2D eigenvalue weighted by Gasteiger charge is -2.06. The molecule has 0 bridgehead atoms. The Kier molecular flexibility index (Phi) is 2.41. The maximum Gasteiger partial charge on any atom is 0.231 e. The van der Waals surface area contributed by atoms with Gasteiger partial charge < -0.3 is 15.2 Å². The fourth-order valence-electron chi connectivity index (χ4n) is 1.90. The molecule has 0 spiro atoms. The molecule has 2 N–H and O–H groups in total. The van der Waals surface area contributed by atoms with Crippen molar-refractivity contribution in [3.63, 3.8) is 0 Å². The van der Waals surface area contributed by atoms with Gasteiger partial charge >= 0.3 is 0 Å². The molecule has 2 aromatic rings. The van der Waals surface area contributed by atoms with Crippen LogP contribution in [-0.2, 0) is 0 Å². The number of benzene rings is 2. The number of carbonyl (C=O) groups excluding carboxylic acids is 1. The Morgan fingerprint density at radius 2 is 1.72 bits per heavy atom.